The Morgan fingerprint density at radius 2 is 1.77 bits per heavy atom. The topological polar surface area (TPSA) is 108 Å². The Labute approximate surface area is 127 Å². The van der Waals surface area contributed by atoms with E-state index in [9.17, 15) is 20.4 Å². The van der Waals surface area contributed by atoms with Crippen molar-refractivity contribution in [3.8, 4) is 11.3 Å². The van der Waals surface area contributed by atoms with Gasteiger partial charge >= 0.3 is 0 Å². The smallest absolute Gasteiger partial charge is 0.164 e. The van der Waals surface area contributed by atoms with E-state index in [4.69, 9.17) is 4.74 Å². The monoisotopic (exact) mass is 306 g/mol. The Morgan fingerprint density at radius 3 is 2.45 bits per heavy atom. The Bertz CT molecular complexity index is 615. The van der Waals surface area contributed by atoms with Gasteiger partial charge in [-0.3, -0.25) is 0 Å². The minimum absolute atomic E-state index is 0.457. The summed E-state index contributed by atoms with van der Waals surface area (Å²) in [7, 11) is 0. The second-order valence-corrected chi connectivity index (χ2v) is 5.29. The highest BCUT2D eigenvalue weighted by Gasteiger charge is 2.44. The van der Waals surface area contributed by atoms with E-state index < -0.39 is 37.3 Å². The average molecular weight is 306 g/mol. The molecule has 0 radical (unpaired) electrons. The number of rotatable bonds is 3. The van der Waals surface area contributed by atoms with Crippen LogP contribution in [0, 0.1) is 0 Å². The van der Waals surface area contributed by atoms with E-state index in [2.05, 4.69) is 4.98 Å². The van der Waals surface area contributed by atoms with Crippen molar-refractivity contribution in [2.75, 3.05) is 6.61 Å². The van der Waals surface area contributed by atoms with Gasteiger partial charge in [0.1, 0.15) is 24.4 Å². The van der Waals surface area contributed by atoms with Crippen LogP contribution in [-0.4, -0.2) is 61.0 Å². The van der Waals surface area contributed by atoms with Crippen LogP contribution < -0.4 is 0 Å². The maximum Gasteiger partial charge on any atom is 0.164 e. The Kier molecular flexibility index (Phi) is 4.23. The lowest BCUT2D eigenvalue weighted by molar-refractivity contribution is -0.251. The molecule has 3 rings (SSSR count). The number of nitrogens with zero attached hydrogens (tertiary/aromatic N) is 2. The molecule has 0 aliphatic carbocycles. The molecule has 0 unspecified atom stereocenters. The first-order chi connectivity index (χ1) is 10.6. The van der Waals surface area contributed by atoms with Crippen molar-refractivity contribution in [1.82, 2.24) is 9.55 Å². The van der Waals surface area contributed by atoms with Gasteiger partial charge in [0.05, 0.1) is 18.6 Å². The second kappa shape index (κ2) is 6.15. The minimum atomic E-state index is -1.40. The molecule has 1 fully saturated rings. The van der Waals surface area contributed by atoms with Crippen LogP contribution in [0.1, 0.15) is 6.23 Å². The lowest BCUT2D eigenvalue weighted by Gasteiger charge is -2.40. The van der Waals surface area contributed by atoms with E-state index in [0.29, 0.717) is 5.69 Å². The third-order valence-corrected chi connectivity index (χ3v) is 3.83. The lowest BCUT2D eigenvalue weighted by atomic mass is 9.98. The number of hydrogen-bond acceptors (Lipinski definition) is 6. The number of imidazole rings is 1. The van der Waals surface area contributed by atoms with E-state index in [-0.39, 0.29) is 0 Å². The summed E-state index contributed by atoms with van der Waals surface area (Å²) in [6.07, 6.45) is -2.80. The molecule has 1 aliphatic rings. The van der Waals surface area contributed by atoms with Crippen LogP contribution in [0.15, 0.2) is 42.9 Å². The fraction of sp³-hybridized carbons (Fsp3) is 0.400. The van der Waals surface area contributed by atoms with Gasteiger partial charge in [0.15, 0.2) is 6.23 Å². The Balaban J connectivity index is 1.86. The average Bonchev–Trinajstić information content (AvgIpc) is 3.04. The maximum atomic E-state index is 10.1. The molecule has 2 heterocycles. The third-order valence-electron chi connectivity index (χ3n) is 3.83. The molecule has 4 N–H and O–H groups in total. The number of ether oxygens (including phenoxy) is 1. The summed E-state index contributed by atoms with van der Waals surface area (Å²) in [5.41, 5.74) is 1.60. The number of aromatic nitrogens is 2. The molecule has 2 aromatic rings. The van der Waals surface area contributed by atoms with Gasteiger partial charge in [0, 0.05) is 11.8 Å². The fourth-order valence-electron chi connectivity index (χ4n) is 2.56. The Morgan fingerprint density at radius 1 is 1.05 bits per heavy atom. The van der Waals surface area contributed by atoms with Gasteiger partial charge in [0.25, 0.3) is 0 Å². The first-order valence-electron chi connectivity index (χ1n) is 7.01. The zero-order valence-electron chi connectivity index (χ0n) is 11.7. The molecular formula is C15H18N2O5. The number of hydrogen-bond donors (Lipinski definition) is 4. The van der Waals surface area contributed by atoms with Gasteiger partial charge < -0.3 is 29.7 Å². The number of aliphatic hydroxyl groups is 4. The van der Waals surface area contributed by atoms with Crippen LogP contribution in [-0.2, 0) is 4.74 Å². The van der Waals surface area contributed by atoms with Gasteiger partial charge in [-0.2, -0.15) is 0 Å². The van der Waals surface area contributed by atoms with Crippen LogP contribution >= 0.6 is 0 Å². The van der Waals surface area contributed by atoms with Crippen LogP contribution in [0.5, 0.6) is 0 Å². The highest BCUT2D eigenvalue weighted by Crippen LogP contribution is 2.29. The maximum absolute atomic E-state index is 10.1. The molecule has 1 saturated heterocycles. The summed E-state index contributed by atoms with van der Waals surface area (Å²) in [5.74, 6) is 0. The van der Waals surface area contributed by atoms with Crippen molar-refractivity contribution in [2.24, 2.45) is 0 Å². The number of aliphatic hydroxyl groups excluding tert-OH is 4. The molecule has 22 heavy (non-hydrogen) atoms. The van der Waals surface area contributed by atoms with Crippen molar-refractivity contribution in [3.05, 3.63) is 42.9 Å². The van der Waals surface area contributed by atoms with E-state index in [0.717, 1.165) is 5.56 Å². The third kappa shape index (κ3) is 2.65. The molecule has 1 aromatic heterocycles. The van der Waals surface area contributed by atoms with Gasteiger partial charge in [-0.1, -0.05) is 30.3 Å². The molecule has 7 nitrogen and oxygen atoms in total. The van der Waals surface area contributed by atoms with Crippen molar-refractivity contribution in [3.63, 3.8) is 0 Å². The lowest BCUT2D eigenvalue weighted by Crippen LogP contribution is -2.56. The zero-order chi connectivity index (χ0) is 15.7. The van der Waals surface area contributed by atoms with Crippen molar-refractivity contribution in [1.29, 1.82) is 0 Å². The molecule has 5 atom stereocenters. The molecule has 1 aliphatic heterocycles. The van der Waals surface area contributed by atoms with E-state index in [1.54, 1.807) is 6.20 Å². The summed E-state index contributed by atoms with van der Waals surface area (Å²) in [6, 6.07) is 9.49. The van der Waals surface area contributed by atoms with E-state index in [1.165, 1.54) is 10.9 Å². The summed E-state index contributed by atoms with van der Waals surface area (Å²) < 4.78 is 7.00. The van der Waals surface area contributed by atoms with Gasteiger partial charge in [0.2, 0.25) is 0 Å². The minimum Gasteiger partial charge on any atom is -0.394 e. The summed E-state index contributed by atoms with van der Waals surface area (Å²) in [5, 5.41) is 38.9. The van der Waals surface area contributed by atoms with Crippen molar-refractivity contribution < 1.29 is 25.2 Å². The molecule has 0 bridgehead atoms. The standard InChI is InChI=1S/C15H18N2O5/c18-7-11-12(19)13(20)14(21)15(22-11)17-6-10(16-8-17)9-4-2-1-3-5-9/h1-6,8,11-15,18-21H,7H2/t11-,12-,13+,14-,15-/m1/s1. The normalized spacial score (nSPS) is 32.1. The van der Waals surface area contributed by atoms with E-state index in [1.807, 2.05) is 30.3 Å². The van der Waals surface area contributed by atoms with Crippen LogP contribution in [0.25, 0.3) is 11.3 Å². The predicted octanol–water partition coefficient (Wildman–Crippen LogP) is -0.478. The van der Waals surface area contributed by atoms with Gasteiger partial charge in [-0.05, 0) is 0 Å². The molecule has 1 aromatic carbocycles. The predicted molar refractivity (Wildman–Crippen MR) is 76.7 cm³/mol. The summed E-state index contributed by atoms with van der Waals surface area (Å²) >= 11 is 0. The molecule has 118 valence electrons. The molecule has 7 heteroatoms. The highest BCUT2D eigenvalue weighted by atomic mass is 16.6. The quantitative estimate of drug-likeness (QED) is 0.610. The fourth-order valence-corrected chi connectivity index (χ4v) is 2.56. The summed E-state index contributed by atoms with van der Waals surface area (Å²) in [6.45, 7) is -0.457. The second-order valence-electron chi connectivity index (χ2n) is 5.29. The zero-order valence-corrected chi connectivity index (χ0v) is 11.7. The van der Waals surface area contributed by atoms with Crippen molar-refractivity contribution in [2.45, 2.75) is 30.6 Å². The van der Waals surface area contributed by atoms with Crippen LogP contribution in [0.2, 0.25) is 0 Å². The molecule has 0 saturated carbocycles. The van der Waals surface area contributed by atoms with Gasteiger partial charge in [-0.25, -0.2) is 4.98 Å². The largest absolute Gasteiger partial charge is 0.394 e. The number of benzene rings is 1. The molecule has 0 amide bonds. The first-order valence-corrected chi connectivity index (χ1v) is 7.01. The van der Waals surface area contributed by atoms with E-state index >= 15 is 0 Å². The van der Waals surface area contributed by atoms with Gasteiger partial charge in [-0.15, -0.1) is 0 Å². The SMILES string of the molecule is OC[C@H]1O[C@@H](n2cnc(-c3ccccc3)c2)[C@H](O)[C@@H](O)[C@@H]1O. The first kappa shape index (κ1) is 15.1. The highest BCUT2D eigenvalue weighted by molar-refractivity contribution is 5.57. The molecular weight excluding hydrogens is 288 g/mol. The van der Waals surface area contributed by atoms with Crippen LogP contribution in [0.4, 0.5) is 0 Å². The van der Waals surface area contributed by atoms with Crippen molar-refractivity contribution >= 4 is 0 Å². The van der Waals surface area contributed by atoms with Crippen LogP contribution in [0.3, 0.4) is 0 Å². The Hall–Kier alpha value is -1.77. The molecule has 0 spiro atoms. The summed E-state index contributed by atoms with van der Waals surface area (Å²) in [4.78, 5) is 4.26.